The first kappa shape index (κ1) is 40.4. The van der Waals surface area contributed by atoms with Crippen molar-refractivity contribution in [2.75, 3.05) is 38.2 Å². The van der Waals surface area contributed by atoms with Gasteiger partial charge in [-0.25, -0.2) is 9.59 Å². The smallest absolute Gasteiger partial charge is 0.352 e. The number of fused-ring (bicyclic) bond motifs is 1. The van der Waals surface area contributed by atoms with Gasteiger partial charge < -0.3 is 40.2 Å². The highest BCUT2D eigenvalue weighted by Gasteiger charge is 2.66. The van der Waals surface area contributed by atoms with Crippen LogP contribution in [0.1, 0.15) is 32.4 Å². The number of carbonyl (C=O) groups is 9. The molecular weight excluding hydrogens is 789 g/mol. The van der Waals surface area contributed by atoms with Crippen molar-refractivity contribution in [3.05, 3.63) is 35.0 Å². The fourth-order valence-corrected chi connectivity index (χ4v) is 8.92. The number of hydrogen-bond acceptors (Lipinski definition) is 17. The summed E-state index contributed by atoms with van der Waals surface area (Å²) in [7, 11) is 1.42. The van der Waals surface area contributed by atoms with Crippen molar-refractivity contribution in [2.45, 2.75) is 42.2 Å². The molecule has 24 heteroatoms. The maximum Gasteiger partial charge on any atom is 0.352 e. The van der Waals surface area contributed by atoms with Gasteiger partial charge in [-0.15, -0.1) is 16.9 Å². The first-order chi connectivity index (χ1) is 26.1. The summed E-state index contributed by atoms with van der Waals surface area (Å²) in [5.74, 6) is -7.85. The number of aromatic nitrogens is 2. The summed E-state index contributed by atoms with van der Waals surface area (Å²) in [4.78, 5) is 118. The number of imide groups is 1. The lowest BCUT2D eigenvalue weighted by Gasteiger charge is -2.56. The van der Waals surface area contributed by atoms with E-state index >= 15 is 0 Å². The van der Waals surface area contributed by atoms with Crippen molar-refractivity contribution in [2.24, 2.45) is 0 Å². The number of aliphatic carboxylic acids is 1. The number of likely N-dealkylation sites (N-methyl/N-ethyl adjacent to an activating group) is 1. The number of carbonyl (C=O) groups excluding carboxylic acids is 8. The van der Waals surface area contributed by atoms with E-state index in [0.717, 1.165) is 65.7 Å². The predicted octanol–water partition coefficient (Wildman–Crippen LogP) is -0.557. The fraction of sp³-hybridized carbons (Fsp3) is 0.387. The van der Waals surface area contributed by atoms with Crippen LogP contribution in [0.5, 0.6) is 16.7 Å². The van der Waals surface area contributed by atoms with Gasteiger partial charge in [0.15, 0.2) is 15.8 Å². The summed E-state index contributed by atoms with van der Waals surface area (Å²) >= 11 is 3.33. The molecule has 55 heavy (non-hydrogen) atoms. The maximum atomic E-state index is 14.3. The second kappa shape index (κ2) is 16.7. The number of nitrogens with zero attached hydrogens (tertiary/aromatic N) is 5. The Balaban J connectivity index is 1.48. The van der Waals surface area contributed by atoms with Gasteiger partial charge in [-0.2, -0.15) is 0 Å². The summed E-state index contributed by atoms with van der Waals surface area (Å²) in [6, 6.07) is 0.421. The van der Waals surface area contributed by atoms with Crippen LogP contribution in [-0.4, -0.2) is 133 Å². The molecule has 0 bridgehead atoms. The lowest BCUT2D eigenvalue weighted by Crippen LogP contribution is -2.85. The number of β-lactam (4-membered cyclic amide) rings is 1. The van der Waals surface area contributed by atoms with Gasteiger partial charge >= 0.3 is 35.8 Å². The minimum Gasteiger partial charge on any atom is -0.477 e. The van der Waals surface area contributed by atoms with Crippen molar-refractivity contribution < 1.29 is 62.5 Å². The molecule has 3 atom stereocenters. The number of carboxylic acid groups (broad SMARTS) is 1. The lowest BCUT2D eigenvalue weighted by molar-refractivity contribution is -0.163. The average Bonchev–Trinajstić information content (AvgIpc) is 3.61. The fourth-order valence-electron chi connectivity index (χ4n) is 5.71. The van der Waals surface area contributed by atoms with Crippen LogP contribution < -0.4 is 30.2 Å². The molecule has 2 aromatic rings. The van der Waals surface area contributed by atoms with E-state index < -0.39 is 64.6 Å². The van der Waals surface area contributed by atoms with Crippen LogP contribution in [0.3, 0.4) is 0 Å². The number of benzene rings is 1. The molecule has 21 nitrogen and oxygen atoms in total. The Hall–Kier alpha value is -5.75. The van der Waals surface area contributed by atoms with E-state index in [4.69, 9.17) is 14.2 Å². The number of methoxy groups -OCH3 is 1. The number of piperazine rings is 1. The standard InChI is InChI=1S/C31H32N8O13S3/c1-5-37-8-9-38(24(45)23(37)44)28(49)33-20(16-6-7-18(51-14(2)41)19(10-16)52-15(3)42)22(43)34-31(32-13-40)26(48)39-21(25(46)47)17(11-53-27(31)39)12-54-30-36-35-29(50-4)55-30/h6-7,10,13,20,27H,5,8-9,11-12H2,1-4H3,(H,32,40)(H,33,49)(H,34,43)(H,46,47)/t20?,27-,31-/m1/s1. The number of rotatable bonds is 14. The van der Waals surface area contributed by atoms with Crippen molar-refractivity contribution in [1.82, 2.24) is 40.8 Å². The zero-order valence-corrected chi connectivity index (χ0v) is 31.8. The van der Waals surface area contributed by atoms with Gasteiger partial charge in [0.05, 0.1) is 7.11 Å². The minimum absolute atomic E-state index is 0.00346. The van der Waals surface area contributed by atoms with E-state index in [-0.39, 0.29) is 60.3 Å². The number of nitrogens with one attached hydrogen (secondary N) is 3. The summed E-state index contributed by atoms with van der Waals surface area (Å²) in [6.45, 7) is 3.75. The van der Waals surface area contributed by atoms with Crippen molar-refractivity contribution >= 4 is 88.8 Å². The highest BCUT2D eigenvalue weighted by atomic mass is 32.2. The van der Waals surface area contributed by atoms with Crippen LogP contribution in [-0.2, 0) is 38.4 Å². The molecule has 0 aliphatic carbocycles. The summed E-state index contributed by atoms with van der Waals surface area (Å²) in [6.07, 6.45) is 0.131. The molecule has 1 unspecified atom stereocenters. The van der Waals surface area contributed by atoms with Crippen molar-refractivity contribution in [1.29, 1.82) is 0 Å². The maximum absolute atomic E-state index is 14.3. The second-order valence-electron chi connectivity index (χ2n) is 11.6. The normalized spacial score (nSPS) is 19.8. The number of thioether (sulfide) groups is 2. The highest BCUT2D eigenvalue weighted by molar-refractivity contribution is 8.01. The van der Waals surface area contributed by atoms with Crippen molar-refractivity contribution in [3.63, 3.8) is 0 Å². The van der Waals surface area contributed by atoms with Crippen LogP contribution in [0.15, 0.2) is 33.8 Å². The van der Waals surface area contributed by atoms with Crippen LogP contribution in [0.4, 0.5) is 4.79 Å². The molecule has 4 heterocycles. The second-order valence-corrected chi connectivity index (χ2v) is 14.8. The van der Waals surface area contributed by atoms with Gasteiger partial charge in [-0.3, -0.25) is 43.4 Å². The summed E-state index contributed by atoms with van der Waals surface area (Å²) in [5.41, 5.74) is -2.41. The van der Waals surface area contributed by atoms with Gasteiger partial charge in [0.25, 0.3) is 11.1 Å². The van der Waals surface area contributed by atoms with Gasteiger partial charge in [0, 0.05) is 45.0 Å². The van der Waals surface area contributed by atoms with Gasteiger partial charge in [-0.1, -0.05) is 22.9 Å². The molecule has 292 valence electrons. The quantitative estimate of drug-likeness (QED) is 0.0354. The Morgan fingerprint density at radius 3 is 2.40 bits per heavy atom. The number of hydrogen-bond donors (Lipinski definition) is 4. The Kier molecular flexibility index (Phi) is 12.3. The molecule has 3 aliphatic rings. The SMILES string of the molecule is CCN1CCN(C(=O)NC(C(=O)N[C@]2(NC=O)C(=O)N3C(C(=O)O)=C(CSc4nnc(OC)s4)CS[C@@H]32)c2ccc(OC(C)=O)c(OC(C)=O)c2)C(=O)C1=O. The van der Waals surface area contributed by atoms with E-state index in [1.54, 1.807) is 6.92 Å². The average molecular weight is 821 g/mol. The van der Waals surface area contributed by atoms with Gasteiger partial charge in [0.1, 0.15) is 17.1 Å². The number of carboxylic acids is 1. The van der Waals surface area contributed by atoms with Crippen LogP contribution in [0.2, 0.25) is 0 Å². The lowest BCUT2D eigenvalue weighted by atomic mass is 9.94. The molecule has 0 spiro atoms. The third kappa shape index (κ3) is 8.19. The van der Waals surface area contributed by atoms with E-state index in [1.165, 1.54) is 18.1 Å². The van der Waals surface area contributed by atoms with E-state index in [2.05, 4.69) is 26.1 Å². The first-order valence-corrected chi connectivity index (χ1v) is 18.9. The minimum atomic E-state index is -2.24. The molecule has 7 amide bonds. The number of amides is 7. The van der Waals surface area contributed by atoms with Crippen LogP contribution >= 0.6 is 34.9 Å². The Morgan fingerprint density at radius 1 is 1.07 bits per heavy atom. The molecule has 2 fully saturated rings. The topological polar surface area (TPSA) is 273 Å². The van der Waals surface area contributed by atoms with Crippen LogP contribution in [0.25, 0.3) is 0 Å². The molecule has 3 aliphatic heterocycles. The third-order valence-corrected chi connectivity index (χ3v) is 11.7. The molecular formula is C31H32N8O13S3. The van der Waals surface area contributed by atoms with Crippen molar-refractivity contribution in [3.8, 4) is 16.7 Å². The monoisotopic (exact) mass is 820 g/mol. The Morgan fingerprint density at radius 2 is 1.78 bits per heavy atom. The molecule has 4 N–H and O–H groups in total. The largest absolute Gasteiger partial charge is 0.477 e. The molecule has 1 aromatic carbocycles. The summed E-state index contributed by atoms with van der Waals surface area (Å²) < 4.78 is 15.8. The molecule has 2 saturated heterocycles. The Labute approximate surface area is 323 Å². The first-order valence-electron chi connectivity index (χ1n) is 16.0. The van der Waals surface area contributed by atoms with Crippen LogP contribution in [0, 0.1) is 0 Å². The van der Waals surface area contributed by atoms with Gasteiger partial charge in [-0.05, 0) is 41.5 Å². The molecule has 5 rings (SSSR count). The highest BCUT2D eigenvalue weighted by Crippen LogP contribution is 2.46. The molecule has 1 aromatic heterocycles. The third-order valence-electron chi connectivity index (χ3n) is 8.17. The van der Waals surface area contributed by atoms with E-state index in [1.807, 2.05) is 0 Å². The summed E-state index contributed by atoms with van der Waals surface area (Å²) in [5, 5.41) is 24.2. The van der Waals surface area contributed by atoms with Gasteiger partial charge in [0.2, 0.25) is 18.0 Å². The van der Waals surface area contributed by atoms with E-state index in [9.17, 15) is 48.3 Å². The number of urea groups is 1. The predicted molar refractivity (Wildman–Crippen MR) is 189 cm³/mol. The number of esters is 2. The molecule has 0 radical (unpaired) electrons. The zero-order chi connectivity index (χ0) is 40.2. The number of ether oxygens (including phenoxy) is 3. The Bertz CT molecular complexity index is 2010. The zero-order valence-electron chi connectivity index (χ0n) is 29.3. The molecule has 0 saturated carbocycles. The van der Waals surface area contributed by atoms with E-state index in [0.29, 0.717) is 20.0 Å².